The molecular weight excluding hydrogens is 1430 g/mol. The van der Waals surface area contributed by atoms with Gasteiger partial charge in [-0.1, -0.05) is 241 Å². The SMILES string of the molecule is CC.CC.CC.CC.CC.CC.CC.CC.CC.CC.Cc1cc(C)ncn1.Cc1cc2ccccc2c(C)n1.Cc1ccc(C)o1.Cc1ccc(C)s1.Cc1ccc2c(ccc3cc(C)ccc32)c1.Cc1ccnc(C)n1.Cc1ccnc(C)n1.Cc1cncc(C)n1.Cc1nc(C)c2ccccc2n1.Cc1nc(C)nc(C)n1. The average molecular weight is 1590 g/mol. The van der Waals surface area contributed by atoms with Crippen LogP contribution in [0.4, 0.5) is 0 Å². The highest BCUT2D eigenvalue weighted by molar-refractivity contribution is 7.11. The third kappa shape index (κ3) is 54.2. The van der Waals surface area contributed by atoms with E-state index < -0.39 is 0 Å². The highest BCUT2D eigenvalue weighted by Crippen LogP contribution is 2.27. The van der Waals surface area contributed by atoms with Gasteiger partial charge >= 0.3 is 0 Å². The van der Waals surface area contributed by atoms with Gasteiger partial charge in [-0.3, -0.25) is 15.0 Å². The van der Waals surface area contributed by atoms with E-state index in [-0.39, 0.29) is 0 Å². The lowest BCUT2D eigenvalue weighted by Crippen LogP contribution is -1.97. The van der Waals surface area contributed by atoms with Gasteiger partial charge in [0.15, 0.2) is 0 Å². The molecule has 14 rings (SSSR count). The van der Waals surface area contributed by atoms with Gasteiger partial charge in [0.25, 0.3) is 0 Å². The van der Waals surface area contributed by atoms with Crippen molar-refractivity contribution in [1.82, 2.24) is 69.8 Å². The van der Waals surface area contributed by atoms with E-state index in [0.29, 0.717) is 0 Å². The summed E-state index contributed by atoms with van der Waals surface area (Å²) in [6.07, 6.45) is 8.58. The number of aromatic nitrogens is 14. The maximum absolute atomic E-state index is 5.08. The molecule has 5 aromatic carbocycles. The molecule has 9 heterocycles. The van der Waals surface area contributed by atoms with Crippen LogP contribution in [0.3, 0.4) is 0 Å². The Hall–Kier alpha value is -10.3. The molecule has 115 heavy (non-hydrogen) atoms. The van der Waals surface area contributed by atoms with Gasteiger partial charge in [-0.2, -0.15) is 0 Å². The van der Waals surface area contributed by atoms with Crippen molar-refractivity contribution >= 4 is 54.6 Å². The molecule has 0 N–H and O–H groups in total. The van der Waals surface area contributed by atoms with Crippen molar-refractivity contribution in [3.05, 3.63) is 295 Å². The summed E-state index contributed by atoms with van der Waals surface area (Å²) in [4.78, 5) is 59.7. The van der Waals surface area contributed by atoms with Crippen molar-refractivity contribution in [3.63, 3.8) is 0 Å². The molecule has 0 aliphatic heterocycles. The standard InChI is InChI=1S/C16H14.C11H11N.C10H10N2.C6H9N3.4C6H8N2.C6H8O.C6H8S.10C2H6/c1-11-3-7-15-13(9-11)5-6-14-10-12(2)4-8-16(14)15;1-8-7-10-5-3-4-6-11(10)9(2)12-8;1-7-9-5-3-4-6-10(9)12-8(2)11-7;1-4-7-5(2)9-6(3)8-4;1-5-3-7-4-6(2)8-5;1-5-3-6(2)8-4-7-5;2*1-5-3-4-7-6(2)8-5;2*1-5-3-4-6(2)7-5;10*1-2/h3-10H,1-2H3;3-7H,1-2H3;3-6H,1-2H3;1-3H3;4*3-4H,1-2H3;2*3-4H,1-2H3;10*1-2H3. The van der Waals surface area contributed by atoms with Crippen LogP contribution in [0.25, 0.3) is 43.2 Å². The molecule has 630 valence electrons. The zero-order valence-corrected chi connectivity index (χ0v) is 80.1. The minimum absolute atomic E-state index is 0.792. The minimum atomic E-state index is 0.792. The van der Waals surface area contributed by atoms with Crippen molar-refractivity contribution in [2.45, 2.75) is 284 Å². The van der Waals surface area contributed by atoms with Crippen molar-refractivity contribution in [2.75, 3.05) is 0 Å². The first kappa shape index (κ1) is 116. The number of rotatable bonds is 0. The molecule has 0 aliphatic rings. The predicted molar refractivity (Wildman–Crippen MR) is 507 cm³/mol. The first-order chi connectivity index (χ1) is 55.2. The maximum Gasteiger partial charge on any atom is 0.129 e. The summed E-state index contributed by atoms with van der Waals surface area (Å²) >= 11 is 1.84. The Bertz CT molecular complexity index is 4170. The number of para-hydroxylation sites is 1. The Morgan fingerprint density at radius 1 is 0.243 bits per heavy atom. The normalized spacial score (nSPS) is 8.74. The molecule has 14 aromatic rings. The molecule has 0 unspecified atom stereocenters. The Labute approximate surface area is 703 Å². The number of thiophene rings is 1. The number of furan rings is 1. The van der Waals surface area contributed by atoms with E-state index in [1.165, 1.54) is 53.2 Å². The monoisotopic (exact) mass is 1590 g/mol. The molecule has 0 aliphatic carbocycles. The Morgan fingerprint density at radius 2 is 0.609 bits per heavy atom. The fourth-order valence-electron chi connectivity index (χ4n) is 9.44. The van der Waals surface area contributed by atoms with Gasteiger partial charge in [-0.15, -0.1) is 11.3 Å². The van der Waals surface area contributed by atoms with Gasteiger partial charge in [0, 0.05) is 85.2 Å². The van der Waals surface area contributed by atoms with E-state index in [1.54, 1.807) is 31.1 Å². The summed E-state index contributed by atoms with van der Waals surface area (Å²) in [6, 6.07) is 50.1. The Morgan fingerprint density at radius 3 is 0.930 bits per heavy atom. The van der Waals surface area contributed by atoms with Gasteiger partial charge in [-0.25, -0.2) is 54.8 Å². The Balaban J connectivity index is -0.000000282. The number of hydrogen-bond acceptors (Lipinski definition) is 16. The number of nitrogens with zero attached hydrogens (tertiary/aromatic N) is 14. The molecule has 9 aromatic heterocycles. The van der Waals surface area contributed by atoms with E-state index in [1.807, 2.05) is 321 Å². The number of pyridine rings is 1. The first-order valence-corrected chi connectivity index (χ1v) is 42.2. The zero-order chi connectivity index (χ0) is 89.6. The van der Waals surface area contributed by atoms with Crippen LogP contribution in [0.2, 0.25) is 0 Å². The second kappa shape index (κ2) is 73.8. The molecule has 0 radical (unpaired) electrons. The first-order valence-electron chi connectivity index (χ1n) is 41.4. The zero-order valence-electron chi connectivity index (χ0n) is 79.3. The van der Waals surface area contributed by atoms with Gasteiger partial charge < -0.3 is 4.42 Å². The molecule has 0 spiro atoms. The van der Waals surface area contributed by atoms with E-state index >= 15 is 0 Å². The van der Waals surface area contributed by atoms with Crippen molar-refractivity contribution in [1.29, 1.82) is 0 Å². The van der Waals surface area contributed by atoms with Crippen molar-refractivity contribution < 1.29 is 4.42 Å². The largest absolute Gasteiger partial charge is 0.467 e. The number of fused-ring (bicyclic) bond motifs is 5. The van der Waals surface area contributed by atoms with Crippen LogP contribution in [-0.4, -0.2) is 69.8 Å². The topological polar surface area (TPSA) is 194 Å². The van der Waals surface area contributed by atoms with Crippen LogP contribution in [0.1, 0.15) is 257 Å². The van der Waals surface area contributed by atoms with E-state index in [9.17, 15) is 0 Å². The number of hydrogen-bond donors (Lipinski definition) is 0. The number of aryl methyl sites for hydroxylation is 21. The van der Waals surface area contributed by atoms with Crippen LogP contribution in [0, 0.1) is 145 Å². The van der Waals surface area contributed by atoms with Crippen LogP contribution in [0.5, 0.6) is 0 Å². The summed E-state index contributed by atoms with van der Waals surface area (Å²) in [5.41, 5.74) is 13.0. The van der Waals surface area contributed by atoms with E-state index in [4.69, 9.17) is 4.42 Å². The minimum Gasteiger partial charge on any atom is -0.467 e. The second-order valence-corrected chi connectivity index (χ2v) is 24.3. The summed E-state index contributed by atoms with van der Waals surface area (Å²) in [6.45, 7) is 81.4. The van der Waals surface area contributed by atoms with Crippen LogP contribution >= 0.6 is 11.3 Å². The molecule has 16 heteroatoms. The summed E-state index contributed by atoms with van der Waals surface area (Å²) in [5, 5.41) is 9.03. The van der Waals surface area contributed by atoms with Crippen molar-refractivity contribution in [3.8, 4) is 0 Å². The smallest absolute Gasteiger partial charge is 0.129 e. The molecule has 0 fully saturated rings. The fourth-order valence-corrected chi connectivity index (χ4v) is 10.2. The fraction of sp³-hybridized carbons (Fsp3) is 0.414. The van der Waals surface area contributed by atoms with E-state index in [0.717, 1.165) is 109 Å². The lowest BCUT2D eigenvalue weighted by molar-refractivity contribution is 0.504. The molecule has 0 atom stereocenters. The van der Waals surface area contributed by atoms with Gasteiger partial charge in [0.05, 0.1) is 16.9 Å². The predicted octanol–water partition coefficient (Wildman–Crippen LogP) is 29.4. The molecule has 0 bridgehead atoms. The third-order valence-corrected chi connectivity index (χ3v) is 14.4. The maximum atomic E-state index is 5.08. The second-order valence-electron chi connectivity index (χ2n) is 22.8. The van der Waals surface area contributed by atoms with Crippen LogP contribution < -0.4 is 0 Å². The number of benzene rings is 5. The quantitative estimate of drug-likeness (QED) is 0.130. The van der Waals surface area contributed by atoms with E-state index in [2.05, 4.69) is 189 Å². The van der Waals surface area contributed by atoms with Gasteiger partial charge in [0.1, 0.15) is 52.8 Å². The highest BCUT2D eigenvalue weighted by Gasteiger charge is 2.03. The Kier molecular flexibility index (Phi) is 74.2. The third-order valence-electron chi connectivity index (χ3n) is 13.5. The molecule has 0 saturated carbocycles. The summed E-state index contributed by atoms with van der Waals surface area (Å²) in [5.74, 6) is 6.86. The molecule has 0 saturated heterocycles. The molecular formula is C99H152N14OS. The molecule has 0 amide bonds. The molecule has 15 nitrogen and oxygen atoms in total. The summed E-state index contributed by atoms with van der Waals surface area (Å²) in [7, 11) is 0. The average Bonchev–Trinajstić information content (AvgIpc) is 1.28. The lowest BCUT2D eigenvalue weighted by Gasteiger charge is -2.05. The van der Waals surface area contributed by atoms with Crippen LogP contribution in [0.15, 0.2) is 181 Å². The van der Waals surface area contributed by atoms with Crippen LogP contribution in [-0.2, 0) is 0 Å². The van der Waals surface area contributed by atoms with Crippen molar-refractivity contribution in [2.24, 2.45) is 0 Å². The van der Waals surface area contributed by atoms with Gasteiger partial charge in [-0.05, 0) is 227 Å². The lowest BCUT2D eigenvalue weighted by atomic mass is 9.99. The highest BCUT2D eigenvalue weighted by atomic mass is 32.1. The van der Waals surface area contributed by atoms with Gasteiger partial charge in [0.2, 0.25) is 0 Å². The summed E-state index contributed by atoms with van der Waals surface area (Å²) < 4.78 is 5.08.